The summed E-state index contributed by atoms with van der Waals surface area (Å²) in [5.41, 5.74) is 10.3. The van der Waals surface area contributed by atoms with Gasteiger partial charge >= 0.3 is 0 Å². The third kappa shape index (κ3) is 1.44. The van der Waals surface area contributed by atoms with Crippen LogP contribution in [-0.2, 0) is 0 Å². The molecule has 2 heterocycles. The van der Waals surface area contributed by atoms with E-state index in [1.165, 1.54) is 0 Å². The van der Waals surface area contributed by atoms with Gasteiger partial charge in [0.15, 0.2) is 0 Å². The molecule has 0 fully saturated rings. The zero-order valence-electron chi connectivity index (χ0n) is 8.42. The third-order valence-corrected chi connectivity index (χ3v) is 3.20. The van der Waals surface area contributed by atoms with Crippen LogP contribution in [0.15, 0.2) is 42.0 Å². The van der Waals surface area contributed by atoms with Gasteiger partial charge in [-0.25, -0.2) is 4.98 Å². The summed E-state index contributed by atoms with van der Waals surface area (Å²) in [6, 6.07) is 9.91. The van der Waals surface area contributed by atoms with E-state index in [0.29, 0.717) is 5.69 Å². The monoisotopic (exact) mass is 227 g/mol. The van der Waals surface area contributed by atoms with E-state index >= 15 is 0 Å². The lowest BCUT2D eigenvalue weighted by molar-refractivity contribution is 1.38. The molecule has 2 aromatic heterocycles. The molecular formula is C12H9N3S. The van der Waals surface area contributed by atoms with Crippen LogP contribution in [-0.4, -0.2) is 9.97 Å². The van der Waals surface area contributed by atoms with Crippen molar-refractivity contribution in [1.29, 1.82) is 0 Å². The number of pyridine rings is 1. The number of hydrogen-bond acceptors (Lipinski definition) is 4. The first-order chi connectivity index (χ1) is 7.84. The number of aromatic nitrogens is 2. The Balaban J connectivity index is 2.30. The van der Waals surface area contributed by atoms with Gasteiger partial charge in [0.25, 0.3) is 0 Å². The molecule has 0 saturated heterocycles. The molecule has 78 valence electrons. The van der Waals surface area contributed by atoms with Crippen molar-refractivity contribution >= 4 is 27.9 Å². The molecule has 3 aromatic rings. The molecule has 0 unspecified atom stereocenters. The van der Waals surface area contributed by atoms with E-state index < -0.39 is 0 Å². The number of hydrogen-bond donors (Lipinski definition) is 1. The molecule has 4 heteroatoms. The Bertz CT molecular complexity index is 632. The molecule has 0 aliphatic heterocycles. The summed E-state index contributed by atoms with van der Waals surface area (Å²) in [5.74, 6) is 0. The van der Waals surface area contributed by atoms with Crippen molar-refractivity contribution in [2.75, 3.05) is 5.73 Å². The Labute approximate surface area is 96.6 Å². The molecule has 0 bridgehead atoms. The van der Waals surface area contributed by atoms with Crippen LogP contribution in [0.1, 0.15) is 0 Å². The molecule has 1 aromatic carbocycles. The van der Waals surface area contributed by atoms with E-state index in [1.807, 2.05) is 30.3 Å². The van der Waals surface area contributed by atoms with Crippen molar-refractivity contribution in [1.82, 2.24) is 9.97 Å². The molecule has 0 spiro atoms. The molecule has 2 N–H and O–H groups in total. The van der Waals surface area contributed by atoms with Crippen LogP contribution in [0.3, 0.4) is 0 Å². The summed E-state index contributed by atoms with van der Waals surface area (Å²) in [5, 5.41) is 1.06. The number of nitrogen functional groups attached to an aromatic ring is 1. The zero-order chi connectivity index (χ0) is 11.0. The van der Waals surface area contributed by atoms with Crippen LogP contribution in [0.5, 0.6) is 0 Å². The number of anilines is 1. The maximum atomic E-state index is 5.99. The summed E-state index contributed by atoms with van der Waals surface area (Å²) < 4.78 is 0. The van der Waals surface area contributed by atoms with Crippen molar-refractivity contribution in [3.05, 3.63) is 42.0 Å². The number of fused-ring (bicyclic) bond motifs is 1. The molecule has 0 aliphatic rings. The summed E-state index contributed by atoms with van der Waals surface area (Å²) in [7, 11) is 0. The fourth-order valence-corrected chi connectivity index (χ4v) is 2.29. The topological polar surface area (TPSA) is 51.8 Å². The van der Waals surface area contributed by atoms with Crippen LogP contribution in [0.2, 0.25) is 0 Å². The predicted molar refractivity (Wildman–Crippen MR) is 67.3 cm³/mol. The number of thiazole rings is 1. The first kappa shape index (κ1) is 9.30. The molecule has 3 rings (SSSR count). The van der Waals surface area contributed by atoms with Gasteiger partial charge in [-0.2, -0.15) is 0 Å². The average molecular weight is 227 g/mol. The molecule has 16 heavy (non-hydrogen) atoms. The van der Waals surface area contributed by atoms with Gasteiger partial charge in [-0.05, 0) is 12.1 Å². The smallest absolute Gasteiger partial charge is 0.105 e. The number of nitrogens with zero attached hydrogens (tertiary/aromatic N) is 2. The number of rotatable bonds is 1. The lowest BCUT2D eigenvalue weighted by Gasteiger charge is -2.04. The minimum atomic E-state index is 0.697. The number of benzene rings is 1. The summed E-state index contributed by atoms with van der Waals surface area (Å²) in [6.45, 7) is 0. The molecular weight excluding hydrogens is 218 g/mol. The highest BCUT2D eigenvalue weighted by atomic mass is 32.1. The molecule has 3 nitrogen and oxygen atoms in total. The van der Waals surface area contributed by atoms with E-state index in [1.54, 1.807) is 23.0 Å². The summed E-state index contributed by atoms with van der Waals surface area (Å²) >= 11 is 1.55. The molecule has 0 radical (unpaired) electrons. The Kier molecular flexibility index (Phi) is 2.08. The lowest BCUT2D eigenvalue weighted by Crippen LogP contribution is -1.92. The van der Waals surface area contributed by atoms with E-state index in [2.05, 4.69) is 9.97 Å². The first-order valence-corrected chi connectivity index (χ1v) is 5.77. The van der Waals surface area contributed by atoms with E-state index in [4.69, 9.17) is 5.73 Å². The van der Waals surface area contributed by atoms with Crippen LogP contribution >= 0.6 is 11.3 Å². The number of para-hydroxylation sites is 1. The molecule has 0 aliphatic carbocycles. The Morgan fingerprint density at radius 2 is 2.06 bits per heavy atom. The van der Waals surface area contributed by atoms with Crippen molar-refractivity contribution in [2.24, 2.45) is 0 Å². The van der Waals surface area contributed by atoms with Crippen LogP contribution in [0.25, 0.3) is 21.5 Å². The SMILES string of the molecule is Nc1cc2ccccc2nc1-c1cncs1. The maximum absolute atomic E-state index is 5.99. The highest BCUT2D eigenvalue weighted by molar-refractivity contribution is 7.13. The fraction of sp³-hybridized carbons (Fsp3) is 0. The van der Waals surface area contributed by atoms with Gasteiger partial charge in [0.1, 0.15) is 5.69 Å². The van der Waals surface area contributed by atoms with E-state index in [0.717, 1.165) is 21.5 Å². The second-order valence-corrected chi connectivity index (χ2v) is 4.37. The van der Waals surface area contributed by atoms with Gasteiger partial charge in [-0.3, -0.25) is 4.98 Å². The Hall–Kier alpha value is -1.94. The van der Waals surface area contributed by atoms with Crippen LogP contribution in [0, 0.1) is 0 Å². The Morgan fingerprint density at radius 3 is 2.88 bits per heavy atom. The summed E-state index contributed by atoms with van der Waals surface area (Å²) in [6.07, 6.45) is 1.79. The van der Waals surface area contributed by atoms with Gasteiger partial charge in [0.2, 0.25) is 0 Å². The molecule has 0 saturated carbocycles. The van der Waals surface area contributed by atoms with Gasteiger partial charge in [-0.1, -0.05) is 18.2 Å². The third-order valence-electron chi connectivity index (χ3n) is 2.42. The normalized spacial score (nSPS) is 10.8. The largest absolute Gasteiger partial charge is 0.397 e. The van der Waals surface area contributed by atoms with Crippen LogP contribution < -0.4 is 5.73 Å². The van der Waals surface area contributed by atoms with Crippen molar-refractivity contribution < 1.29 is 0 Å². The van der Waals surface area contributed by atoms with Gasteiger partial charge in [0.05, 0.1) is 21.6 Å². The van der Waals surface area contributed by atoms with Crippen LogP contribution in [0.4, 0.5) is 5.69 Å². The summed E-state index contributed by atoms with van der Waals surface area (Å²) in [4.78, 5) is 9.61. The van der Waals surface area contributed by atoms with Crippen molar-refractivity contribution in [3.63, 3.8) is 0 Å². The minimum Gasteiger partial charge on any atom is -0.397 e. The quantitative estimate of drug-likeness (QED) is 0.695. The molecule has 0 atom stereocenters. The molecule has 0 amide bonds. The minimum absolute atomic E-state index is 0.697. The van der Waals surface area contributed by atoms with E-state index in [9.17, 15) is 0 Å². The second-order valence-electron chi connectivity index (χ2n) is 3.48. The van der Waals surface area contributed by atoms with E-state index in [-0.39, 0.29) is 0 Å². The fourth-order valence-electron chi connectivity index (χ4n) is 1.66. The Morgan fingerprint density at radius 1 is 1.19 bits per heavy atom. The highest BCUT2D eigenvalue weighted by Gasteiger charge is 2.07. The highest BCUT2D eigenvalue weighted by Crippen LogP contribution is 2.29. The van der Waals surface area contributed by atoms with Gasteiger partial charge in [0, 0.05) is 11.6 Å². The maximum Gasteiger partial charge on any atom is 0.105 e. The lowest BCUT2D eigenvalue weighted by atomic mass is 10.1. The van der Waals surface area contributed by atoms with Crippen molar-refractivity contribution in [3.8, 4) is 10.6 Å². The predicted octanol–water partition coefficient (Wildman–Crippen LogP) is 2.94. The van der Waals surface area contributed by atoms with Gasteiger partial charge in [-0.15, -0.1) is 11.3 Å². The van der Waals surface area contributed by atoms with Gasteiger partial charge < -0.3 is 5.73 Å². The zero-order valence-corrected chi connectivity index (χ0v) is 9.24. The van der Waals surface area contributed by atoms with Crippen molar-refractivity contribution in [2.45, 2.75) is 0 Å². The second kappa shape index (κ2) is 3.57. The standard InChI is InChI=1S/C12H9N3S/c13-9-5-8-3-1-2-4-10(8)15-12(9)11-6-14-7-16-11/h1-7H,13H2. The number of nitrogens with two attached hydrogens (primary N) is 1. The first-order valence-electron chi connectivity index (χ1n) is 4.89. The average Bonchev–Trinajstić information content (AvgIpc) is 2.81.